The molecule has 1 aliphatic heterocycles. The van der Waals surface area contributed by atoms with Crippen LogP contribution < -0.4 is 14.5 Å². The van der Waals surface area contributed by atoms with Crippen LogP contribution in [0.2, 0.25) is 0 Å². The van der Waals surface area contributed by atoms with Gasteiger partial charge < -0.3 is 19.3 Å². The van der Waals surface area contributed by atoms with Crippen molar-refractivity contribution in [2.75, 3.05) is 29.5 Å². The van der Waals surface area contributed by atoms with Gasteiger partial charge in [0.25, 0.3) is 0 Å². The molecule has 0 N–H and O–H groups in total. The summed E-state index contributed by atoms with van der Waals surface area (Å²) in [7, 11) is 0. The predicted molar refractivity (Wildman–Crippen MR) is 177 cm³/mol. The lowest BCUT2D eigenvalue weighted by Crippen LogP contribution is -2.36. The molecular weight excluding hydrogens is 528 g/mol. The van der Waals surface area contributed by atoms with E-state index >= 15 is 0 Å². The number of benzene rings is 5. The number of hydrogen-bond acceptors (Lipinski definition) is 4. The molecule has 1 heterocycles. The molecule has 0 aliphatic carbocycles. The zero-order valence-electron chi connectivity index (χ0n) is 25.4. The van der Waals surface area contributed by atoms with Crippen molar-refractivity contribution in [3.05, 3.63) is 155 Å². The molecule has 1 aliphatic rings. The maximum Gasteiger partial charge on any atom is 0.150 e. The van der Waals surface area contributed by atoms with E-state index in [2.05, 4.69) is 158 Å². The molecule has 5 aromatic rings. The molecule has 0 spiro atoms. The van der Waals surface area contributed by atoms with Gasteiger partial charge in [0, 0.05) is 61.4 Å². The van der Waals surface area contributed by atoms with Crippen molar-refractivity contribution < 1.29 is 9.47 Å². The third-order valence-electron chi connectivity index (χ3n) is 8.37. The summed E-state index contributed by atoms with van der Waals surface area (Å²) >= 11 is 0. The fourth-order valence-electron chi connectivity index (χ4n) is 6.30. The van der Waals surface area contributed by atoms with E-state index in [1.807, 2.05) is 0 Å². The molecule has 43 heavy (non-hydrogen) atoms. The maximum atomic E-state index is 6.92. The van der Waals surface area contributed by atoms with Crippen molar-refractivity contribution in [3.8, 4) is 11.5 Å². The van der Waals surface area contributed by atoms with E-state index in [0.717, 1.165) is 65.7 Å². The summed E-state index contributed by atoms with van der Waals surface area (Å²) in [6.45, 7) is 10.4. The molecular formula is C39H40N2O2. The van der Waals surface area contributed by atoms with E-state index in [0.29, 0.717) is 6.61 Å². The van der Waals surface area contributed by atoms with Crippen molar-refractivity contribution in [2.45, 2.75) is 39.5 Å². The first-order valence-electron chi connectivity index (χ1n) is 15.4. The highest BCUT2D eigenvalue weighted by atomic mass is 16.5. The van der Waals surface area contributed by atoms with Gasteiger partial charge in [0.2, 0.25) is 0 Å². The highest BCUT2D eigenvalue weighted by Gasteiger charge is 2.45. The van der Waals surface area contributed by atoms with E-state index in [-0.39, 0.29) is 0 Å². The highest BCUT2D eigenvalue weighted by Crippen LogP contribution is 2.54. The molecule has 0 fully saturated rings. The monoisotopic (exact) mass is 568 g/mol. The summed E-state index contributed by atoms with van der Waals surface area (Å²) in [4.78, 5) is 4.78. The Bertz CT molecular complexity index is 1590. The van der Waals surface area contributed by atoms with Crippen LogP contribution in [0, 0.1) is 0 Å². The van der Waals surface area contributed by atoms with Gasteiger partial charge in [0.05, 0.1) is 0 Å². The number of anilines is 2. The molecule has 0 saturated heterocycles. The van der Waals surface area contributed by atoms with E-state index in [1.54, 1.807) is 0 Å². The van der Waals surface area contributed by atoms with Crippen LogP contribution in [-0.2, 0) is 23.4 Å². The minimum atomic E-state index is -0.818. The quantitative estimate of drug-likeness (QED) is 0.159. The lowest BCUT2D eigenvalue weighted by atomic mass is 9.77. The van der Waals surface area contributed by atoms with Crippen molar-refractivity contribution in [3.63, 3.8) is 0 Å². The maximum absolute atomic E-state index is 6.92. The van der Waals surface area contributed by atoms with Crippen molar-refractivity contribution >= 4 is 11.4 Å². The average molecular weight is 569 g/mol. The molecule has 6 rings (SSSR count). The number of ether oxygens (including phenoxy) is 2. The lowest BCUT2D eigenvalue weighted by Gasteiger charge is -2.41. The standard InChI is InChI=1S/C39H40N2O2/c1-4-40(5-2)34-22-24-35-38(27-34)43-37-25-23-33(26-36(37)39(35,42-6-3)32-20-14-9-15-21-32)41(28-30-16-10-7-11-17-30)29-31-18-12-8-13-19-31/h7-27H,4-6,28-29H2,1-3H3. The van der Waals surface area contributed by atoms with Gasteiger partial charge in [-0.15, -0.1) is 0 Å². The van der Waals surface area contributed by atoms with Crippen LogP contribution in [-0.4, -0.2) is 19.7 Å². The molecule has 218 valence electrons. The summed E-state index contributed by atoms with van der Waals surface area (Å²) in [6.07, 6.45) is 0. The molecule has 0 saturated carbocycles. The second-order valence-corrected chi connectivity index (χ2v) is 10.9. The zero-order valence-corrected chi connectivity index (χ0v) is 25.4. The predicted octanol–water partition coefficient (Wildman–Crippen LogP) is 9.17. The lowest BCUT2D eigenvalue weighted by molar-refractivity contribution is 0.0147. The molecule has 0 aromatic heterocycles. The van der Waals surface area contributed by atoms with Crippen molar-refractivity contribution in [2.24, 2.45) is 0 Å². The Labute approximate surface area is 256 Å². The largest absolute Gasteiger partial charge is 0.456 e. The zero-order chi connectivity index (χ0) is 29.6. The molecule has 5 aromatic carbocycles. The van der Waals surface area contributed by atoms with Gasteiger partial charge in [0.1, 0.15) is 11.5 Å². The Balaban J connectivity index is 1.52. The van der Waals surface area contributed by atoms with Gasteiger partial charge in [-0.25, -0.2) is 0 Å². The Morgan fingerprint density at radius 3 is 1.70 bits per heavy atom. The normalized spacial score (nSPS) is 15.2. The third kappa shape index (κ3) is 5.63. The van der Waals surface area contributed by atoms with E-state index in [4.69, 9.17) is 9.47 Å². The second-order valence-electron chi connectivity index (χ2n) is 10.9. The van der Waals surface area contributed by atoms with E-state index < -0.39 is 5.60 Å². The molecule has 0 amide bonds. The average Bonchev–Trinajstić information content (AvgIpc) is 3.06. The Kier molecular flexibility index (Phi) is 8.48. The molecule has 0 radical (unpaired) electrons. The van der Waals surface area contributed by atoms with Gasteiger partial charge >= 0.3 is 0 Å². The Morgan fingerprint density at radius 1 is 0.558 bits per heavy atom. The van der Waals surface area contributed by atoms with E-state index in [1.165, 1.54) is 11.1 Å². The molecule has 4 nitrogen and oxygen atoms in total. The van der Waals surface area contributed by atoms with Crippen LogP contribution in [0.4, 0.5) is 11.4 Å². The first-order valence-corrected chi connectivity index (χ1v) is 15.4. The first-order chi connectivity index (χ1) is 21.2. The molecule has 4 heteroatoms. The van der Waals surface area contributed by atoms with Gasteiger partial charge in [0.15, 0.2) is 5.60 Å². The number of rotatable bonds is 11. The van der Waals surface area contributed by atoms with Crippen LogP contribution in [0.25, 0.3) is 0 Å². The Hall–Kier alpha value is -4.54. The van der Waals surface area contributed by atoms with Crippen LogP contribution in [0.1, 0.15) is 48.6 Å². The number of nitrogens with zero attached hydrogens (tertiary/aromatic N) is 2. The summed E-state index contributed by atoms with van der Waals surface area (Å²) < 4.78 is 13.6. The van der Waals surface area contributed by atoms with Crippen molar-refractivity contribution in [1.82, 2.24) is 0 Å². The van der Waals surface area contributed by atoms with Crippen LogP contribution in [0.15, 0.2) is 127 Å². The van der Waals surface area contributed by atoms with Gasteiger partial charge in [-0.05, 0) is 67.8 Å². The van der Waals surface area contributed by atoms with Crippen LogP contribution in [0.5, 0.6) is 11.5 Å². The first kappa shape index (κ1) is 28.6. The molecule has 0 bridgehead atoms. The number of fused-ring (bicyclic) bond motifs is 2. The van der Waals surface area contributed by atoms with Gasteiger partial charge in [-0.3, -0.25) is 0 Å². The van der Waals surface area contributed by atoms with E-state index in [9.17, 15) is 0 Å². The fourth-order valence-corrected chi connectivity index (χ4v) is 6.30. The fraction of sp³-hybridized carbons (Fsp3) is 0.231. The molecule has 1 atom stereocenters. The van der Waals surface area contributed by atoms with Gasteiger partial charge in [-0.1, -0.05) is 91.0 Å². The van der Waals surface area contributed by atoms with Crippen LogP contribution in [0.3, 0.4) is 0 Å². The third-order valence-corrected chi connectivity index (χ3v) is 8.37. The highest BCUT2D eigenvalue weighted by molar-refractivity contribution is 5.68. The summed E-state index contributed by atoms with van der Waals surface area (Å²) in [5.74, 6) is 1.66. The second kappa shape index (κ2) is 12.8. The minimum Gasteiger partial charge on any atom is -0.456 e. The number of hydrogen-bond donors (Lipinski definition) is 0. The smallest absolute Gasteiger partial charge is 0.150 e. The van der Waals surface area contributed by atoms with Gasteiger partial charge in [-0.2, -0.15) is 0 Å². The summed E-state index contributed by atoms with van der Waals surface area (Å²) in [6, 6.07) is 45.1. The SMILES string of the molecule is CCOC1(c2ccccc2)c2ccc(N(CC)CC)cc2Oc2ccc(N(Cc3ccccc3)Cc3ccccc3)cc21. The van der Waals surface area contributed by atoms with Crippen molar-refractivity contribution in [1.29, 1.82) is 0 Å². The summed E-state index contributed by atoms with van der Waals surface area (Å²) in [5.41, 5.74) is 7.13. The molecule has 1 unspecified atom stereocenters. The topological polar surface area (TPSA) is 24.9 Å². The summed E-state index contributed by atoms with van der Waals surface area (Å²) in [5, 5.41) is 0. The minimum absolute atomic E-state index is 0.549. The van der Waals surface area contributed by atoms with Crippen LogP contribution >= 0.6 is 0 Å². The Morgan fingerprint density at radius 2 is 1.12 bits per heavy atom.